The molecule has 0 bridgehead atoms. The number of carbonyl (C=O) groups is 1. The standard InChI is InChI=1S/C25H22N2O3S/c1-14-6-9-23(31-14)25-24-19(26-17-4-2-3-5-18(17)27-25)10-16(11-20(24)28)15-7-8-21-22(12-15)30-13-29-21/h2-9,12,16,25-27H,10-11,13H2,1H3. The van der Waals surface area contributed by atoms with Gasteiger partial charge in [-0.3, -0.25) is 4.79 Å². The average molecular weight is 431 g/mol. The Morgan fingerprint density at radius 1 is 0.968 bits per heavy atom. The number of ketones is 1. The molecule has 5 nitrogen and oxygen atoms in total. The van der Waals surface area contributed by atoms with Crippen LogP contribution in [0.25, 0.3) is 0 Å². The lowest BCUT2D eigenvalue weighted by molar-refractivity contribution is -0.116. The molecule has 1 aromatic heterocycles. The van der Waals surface area contributed by atoms with Crippen molar-refractivity contribution in [3.05, 3.63) is 81.2 Å². The van der Waals surface area contributed by atoms with Gasteiger partial charge in [0.1, 0.15) is 0 Å². The number of Topliss-reactive ketones (excluding diaryl/α,β-unsaturated/α-hetero) is 1. The van der Waals surface area contributed by atoms with E-state index in [0.717, 1.165) is 46.1 Å². The third-order valence-corrected chi connectivity index (χ3v) is 7.29. The van der Waals surface area contributed by atoms with Crippen molar-refractivity contribution in [3.63, 3.8) is 0 Å². The summed E-state index contributed by atoms with van der Waals surface area (Å²) in [7, 11) is 0. The van der Waals surface area contributed by atoms with Gasteiger partial charge < -0.3 is 20.1 Å². The maximum absolute atomic E-state index is 13.6. The van der Waals surface area contributed by atoms with Gasteiger partial charge in [-0.25, -0.2) is 0 Å². The minimum absolute atomic E-state index is 0.101. The van der Waals surface area contributed by atoms with E-state index < -0.39 is 0 Å². The van der Waals surface area contributed by atoms with E-state index in [1.54, 1.807) is 11.3 Å². The van der Waals surface area contributed by atoms with E-state index in [0.29, 0.717) is 6.42 Å². The maximum atomic E-state index is 13.6. The Morgan fingerprint density at radius 3 is 2.65 bits per heavy atom. The predicted molar refractivity (Wildman–Crippen MR) is 122 cm³/mol. The summed E-state index contributed by atoms with van der Waals surface area (Å²) in [4.78, 5) is 16.0. The number of carbonyl (C=O) groups excluding carboxylic acids is 1. The molecule has 2 N–H and O–H groups in total. The molecule has 6 rings (SSSR count). The number of fused-ring (bicyclic) bond motifs is 2. The second kappa shape index (κ2) is 7.17. The fourth-order valence-corrected chi connectivity index (χ4v) is 5.66. The number of ether oxygens (including phenoxy) is 2. The molecule has 0 radical (unpaired) electrons. The van der Waals surface area contributed by atoms with Gasteiger partial charge in [-0.2, -0.15) is 0 Å². The third kappa shape index (κ3) is 3.18. The summed E-state index contributed by atoms with van der Waals surface area (Å²) in [5, 5.41) is 7.24. The fraction of sp³-hybridized carbons (Fsp3) is 0.240. The monoisotopic (exact) mass is 430 g/mol. The molecule has 3 aliphatic rings. The van der Waals surface area contributed by atoms with E-state index in [4.69, 9.17) is 9.47 Å². The molecule has 0 amide bonds. The minimum Gasteiger partial charge on any atom is -0.454 e. The Balaban J connectivity index is 1.42. The van der Waals surface area contributed by atoms with Crippen LogP contribution in [0.3, 0.4) is 0 Å². The number of thiophene rings is 1. The lowest BCUT2D eigenvalue weighted by Gasteiger charge is -2.29. The largest absolute Gasteiger partial charge is 0.454 e. The molecule has 31 heavy (non-hydrogen) atoms. The van der Waals surface area contributed by atoms with E-state index in [1.807, 2.05) is 24.3 Å². The molecular formula is C25H22N2O3S. The Kier molecular flexibility index (Phi) is 4.28. The molecule has 6 heteroatoms. The van der Waals surface area contributed by atoms with E-state index in [9.17, 15) is 4.79 Å². The smallest absolute Gasteiger partial charge is 0.231 e. The third-order valence-electron chi connectivity index (χ3n) is 6.22. The highest BCUT2D eigenvalue weighted by molar-refractivity contribution is 7.12. The van der Waals surface area contributed by atoms with Crippen molar-refractivity contribution in [2.24, 2.45) is 0 Å². The number of anilines is 2. The molecule has 0 saturated heterocycles. The molecular weight excluding hydrogens is 408 g/mol. The highest BCUT2D eigenvalue weighted by atomic mass is 32.1. The van der Waals surface area contributed by atoms with Gasteiger partial charge in [0.15, 0.2) is 17.3 Å². The Labute approximate surface area is 184 Å². The quantitative estimate of drug-likeness (QED) is 0.541. The van der Waals surface area contributed by atoms with Gasteiger partial charge >= 0.3 is 0 Å². The van der Waals surface area contributed by atoms with Crippen LogP contribution in [0.4, 0.5) is 11.4 Å². The summed E-state index contributed by atoms with van der Waals surface area (Å²) in [5.74, 6) is 1.82. The summed E-state index contributed by atoms with van der Waals surface area (Å²) in [5.41, 5.74) is 4.99. The molecule has 2 unspecified atom stereocenters. The van der Waals surface area contributed by atoms with Crippen LogP contribution < -0.4 is 20.1 Å². The van der Waals surface area contributed by atoms with Crippen molar-refractivity contribution in [3.8, 4) is 11.5 Å². The number of allylic oxidation sites excluding steroid dienone is 1. The minimum atomic E-state index is -0.143. The van der Waals surface area contributed by atoms with E-state index in [2.05, 4.69) is 47.9 Å². The lowest BCUT2D eigenvalue weighted by Crippen LogP contribution is -2.26. The highest BCUT2D eigenvalue weighted by Gasteiger charge is 2.36. The van der Waals surface area contributed by atoms with E-state index >= 15 is 0 Å². The SMILES string of the molecule is Cc1ccc(C2Nc3ccccc3NC3=C2C(=O)CC(c2ccc4c(c2)OCO4)C3)s1. The number of aryl methyl sites for hydroxylation is 1. The molecule has 1 aliphatic carbocycles. The number of para-hydroxylation sites is 2. The van der Waals surface area contributed by atoms with Gasteiger partial charge in [0, 0.05) is 27.4 Å². The number of benzene rings is 2. The second-order valence-electron chi connectivity index (χ2n) is 8.23. The number of hydrogen-bond donors (Lipinski definition) is 2. The zero-order valence-corrected chi connectivity index (χ0v) is 17.9. The van der Waals surface area contributed by atoms with Crippen LogP contribution in [0, 0.1) is 6.92 Å². The molecule has 2 aliphatic heterocycles. The van der Waals surface area contributed by atoms with Crippen LogP contribution in [0.1, 0.15) is 40.1 Å². The van der Waals surface area contributed by atoms with Crippen molar-refractivity contribution in [2.75, 3.05) is 17.4 Å². The van der Waals surface area contributed by atoms with E-state index in [-0.39, 0.29) is 24.5 Å². The van der Waals surface area contributed by atoms with Crippen molar-refractivity contribution in [2.45, 2.75) is 31.7 Å². The molecule has 156 valence electrons. The summed E-state index contributed by atoms with van der Waals surface area (Å²) in [6.45, 7) is 2.36. The van der Waals surface area contributed by atoms with Gasteiger partial charge in [0.25, 0.3) is 0 Å². The van der Waals surface area contributed by atoms with Gasteiger partial charge in [0.05, 0.1) is 17.4 Å². The molecule has 3 heterocycles. The van der Waals surface area contributed by atoms with E-state index in [1.165, 1.54) is 9.75 Å². The van der Waals surface area contributed by atoms with Gasteiger partial charge in [-0.1, -0.05) is 18.2 Å². The zero-order chi connectivity index (χ0) is 20.9. The molecule has 0 saturated carbocycles. The first-order valence-corrected chi connectivity index (χ1v) is 11.3. The first-order chi connectivity index (χ1) is 15.2. The van der Waals surface area contributed by atoms with Gasteiger partial charge in [-0.05, 0) is 61.2 Å². The van der Waals surface area contributed by atoms with Crippen molar-refractivity contribution < 1.29 is 14.3 Å². The lowest BCUT2D eigenvalue weighted by atomic mass is 9.79. The van der Waals surface area contributed by atoms with Crippen LogP contribution >= 0.6 is 11.3 Å². The Hall–Kier alpha value is -3.25. The van der Waals surface area contributed by atoms with Gasteiger partial charge in [-0.15, -0.1) is 11.3 Å². The van der Waals surface area contributed by atoms with Crippen LogP contribution in [0.2, 0.25) is 0 Å². The summed E-state index contributed by atoms with van der Waals surface area (Å²) >= 11 is 1.74. The number of nitrogens with one attached hydrogen (secondary N) is 2. The summed E-state index contributed by atoms with van der Waals surface area (Å²) in [6, 6.07) is 18.3. The molecule has 2 atom stereocenters. The molecule has 2 aromatic carbocycles. The van der Waals surface area contributed by atoms with Gasteiger partial charge in [0.2, 0.25) is 6.79 Å². The molecule has 0 fully saturated rings. The number of hydrogen-bond acceptors (Lipinski definition) is 6. The predicted octanol–water partition coefficient (Wildman–Crippen LogP) is 5.76. The van der Waals surface area contributed by atoms with Crippen LogP contribution in [-0.2, 0) is 4.79 Å². The van der Waals surface area contributed by atoms with Crippen molar-refractivity contribution >= 4 is 28.5 Å². The topological polar surface area (TPSA) is 59.6 Å². The normalized spacial score (nSPS) is 21.6. The maximum Gasteiger partial charge on any atom is 0.231 e. The first-order valence-electron chi connectivity index (χ1n) is 10.5. The first kappa shape index (κ1) is 18.5. The molecule has 0 spiro atoms. The summed E-state index contributed by atoms with van der Waals surface area (Å²) < 4.78 is 11.0. The highest BCUT2D eigenvalue weighted by Crippen LogP contribution is 2.46. The van der Waals surface area contributed by atoms with Crippen molar-refractivity contribution in [1.82, 2.24) is 0 Å². The summed E-state index contributed by atoms with van der Waals surface area (Å²) in [6.07, 6.45) is 1.26. The zero-order valence-electron chi connectivity index (χ0n) is 17.1. The Bertz CT molecular complexity index is 1230. The fourth-order valence-electron chi connectivity index (χ4n) is 4.72. The average Bonchev–Trinajstić information content (AvgIpc) is 3.38. The van der Waals surface area contributed by atoms with Crippen molar-refractivity contribution in [1.29, 1.82) is 0 Å². The number of rotatable bonds is 2. The Morgan fingerprint density at radius 2 is 1.81 bits per heavy atom. The van der Waals surface area contributed by atoms with Crippen LogP contribution in [-0.4, -0.2) is 12.6 Å². The second-order valence-corrected chi connectivity index (χ2v) is 9.55. The van der Waals surface area contributed by atoms with Crippen LogP contribution in [0.5, 0.6) is 11.5 Å². The molecule has 3 aromatic rings. The van der Waals surface area contributed by atoms with Crippen LogP contribution in [0.15, 0.2) is 65.9 Å².